The van der Waals surface area contributed by atoms with Gasteiger partial charge in [0.05, 0.1) is 5.25 Å². The van der Waals surface area contributed by atoms with Gasteiger partial charge in [0, 0.05) is 0 Å². The van der Waals surface area contributed by atoms with Gasteiger partial charge in [0.15, 0.2) is 0 Å². The Morgan fingerprint density at radius 3 is 1.77 bits per heavy atom. The van der Waals surface area contributed by atoms with Crippen LogP contribution in [0.3, 0.4) is 0 Å². The highest BCUT2D eigenvalue weighted by Crippen LogP contribution is 2.19. The molecule has 0 amide bonds. The Labute approximate surface area is 138 Å². The molecule has 0 rings (SSSR count). The van der Waals surface area contributed by atoms with Crippen molar-refractivity contribution < 1.29 is 13.0 Å². The molecule has 0 radical (unpaired) electrons. The summed E-state index contributed by atoms with van der Waals surface area (Å²) in [6.07, 6.45) is 16.5. The molecule has 0 spiro atoms. The third kappa shape index (κ3) is 13.3. The highest BCUT2D eigenvalue weighted by atomic mass is 32.2. The fraction of sp³-hybridized carbons (Fsp3) is 0.889. The Balaban J connectivity index is 3.78. The van der Waals surface area contributed by atoms with Crippen molar-refractivity contribution in [2.75, 3.05) is 0 Å². The van der Waals surface area contributed by atoms with Crippen molar-refractivity contribution in [2.24, 2.45) is 0 Å². The van der Waals surface area contributed by atoms with Crippen LogP contribution in [0, 0.1) is 0 Å². The van der Waals surface area contributed by atoms with Gasteiger partial charge in [-0.1, -0.05) is 77.2 Å². The summed E-state index contributed by atoms with van der Waals surface area (Å²) in [4.78, 5) is 0. The molecule has 1 unspecified atom stereocenters. The summed E-state index contributed by atoms with van der Waals surface area (Å²) in [5.74, 6) is 0. The van der Waals surface area contributed by atoms with Gasteiger partial charge in [0.25, 0.3) is 10.1 Å². The van der Waals surface area contributed by atoms with Crippen LogP contribution in [0.4, 0.5) is 0 Å². The maximum atomic E-state index is 11.4. The van der Waals surface area contributed by atoms with Gasteiger partial charge in [-0.3, -0.25) is 4.55 Å². The highest BCUT2D eigenvalue weighted by Gasteiger charge is 2.21. The van der Waals surface area contributed by atoms with Crippen LogP contribution >= 0.6 is 0 Å². The van der Waals surface area contributed by atoms with E-state index in [1.165, 1.54) is 32.1 Å². The van der Waals surface area contributed by atoms with Gasteiger partial charge >= 0.3 is 0 Å². The molecule has 0 fully saturated rings. The lowest BCUT2D eigenvalue weighted by atomic mass is 10.0. The lowest BCUT2D eigenvalue weighted by Gasteiger charge is -2.13. The van der Waals surface area contributed by atoms with Gasteiger partial charge in [-0.2, -0.15) is 8.42 Å². The summed E-state index contributed by atoms with van der Waals surface area (Å²) in [6, 6.07) is 0. The first-order valence-electron chi connectivity index (χ1n) is 9.09. The predicted molar refractivity (Wildman–Crippen MR) is 95.8 cm³/mol. The van der Waals surface area contributed by atoms with Gasteiger partial charge in [-0.05, 0) is 25.7 Å². The van der Waals surface area contributed by atoms with Gasteiger partial charge < -0.3 is 0 Å². The molecular formula is C18H36O3S. The zero-order valence-electron chi connectivity index (χ0n) is 14.4. The summed E-state index contributed by atoms with van der Waals surface area (Å²) >= 11 is 0. The molecule has 0 aliphatic carbocycles. The monoisotopic (exact) mass is 332 g/mol. The summed E-state index contributed by atoms with van der Waals surface area (Å²) < 4.78 is 32.2. The highest BCUT2D eigenvalue weighted by molar-refractivity contribution is 7.86. The third-order valence-electron chi connectivity index (χ3n) is 4.24. The van der Waals surface area contributed by atoms with Gasteiger partial charge in [0.2, 0.25) is 0 Å². The minimum absolute atomic E-state index is 0.553. The fourth-order valence-corrected chi connectivity index (χ4v) is 3.71. The number of allylic oxidation sites excluding steroid dienone is 1. The van der Waals surface area contributed by atoms with Crippen molar-refractivity contribution >= 4 is 10.1 Å². The second-order valence-electron chi connectivity index (χ2n) is 6.33. The van der Waals surface area contributed by atoms with Crippen molar-refractivity contribution in [3.63, 3.8) is 0 Å². The maximum absolute atomic E-state index is 11.4. The number of rotatable bonds is 16. The van der Waals surface area contributed by atoms with Crippen molar-refractivity contribution in [3.8, 4) is 0 Å². The molecule has 3 nitrogen and oxygen atoms in total. The lowest BCUT2D eigenvalue weighted by Crippen LogP contribution is -2.20. The molecule has 4 heteroatoms. The van der Waals surface area contributed by atoms with Crippen LogP contribution in [0.2, 0.25) is 0 Å². The Bertz CT molecular complexity index is 349. The molecule has 132 valence electrons. The molecule has 0 aliphatic heterocycles. The van der Waals surface area contributed by atoms with E-state index in [9.17, 15) is 13.0 Å². The Hall–Kier alpha value is -0.350. The molecule has 0 saturated heterocycles. The zero-order chi connectivity index (χ0) is 16.7. The fourth-order valence-electron chi connectivity index (χ4n) is 2.79. The van der Waals surface area contributed by atoms with E-state index in [1.54, 1.807) is 0 Å². The first kappa shape index (κ1) is 21.6. The molecule has 0 heterocycles. The molecule has 0 aromatic rings. The van der Waals surface area contributed by atoms with E-state index < -0.39 is 15.4 Å². The minimum atomic E-state index is -3.88. The molecule has 0 aliphatic rings. The van der Waals surface area contributed by atoms with Gasteiger partial charge in [-0.15, -0.1) is 6.58 Å². The molecule has 0 saturated carbocycles. The van der Waals surface area contributed by atoms with E-state index in [2.05, 4.69) is 13.5 Å². The summed E-state index contributed by atoms with van der Waals surface area (Å²) in [5.41, 5.74) is 0. The predicted octanol–water partition coefficient (Wildman–Crippen LogP) is 5.91. The molecule has 0 aromatic heterocycles. The third-order valence-corrected chi connectivity index (χ3v) is 5.55. The van der Waals surface area contributed by atoms with Crippen molar-refractivity contribution in [3.05, 3.63) is 12.7 Å². The quantitative estimate of drug-likeness (QED) is 0.217. The van der Waals surface area contributed by atoms with E-state index in [0.29, 0.717) is 12.8 Å². The van der Waals surface area contributed by atoms with E-state index in [4.69, 9.17) is 0 Å². The Morgan fingerprint density at radius 2 is 1.32 bits per heavy atom. The number of unbranched alkanes of at least 4 members (excludes halogenated alkanes) is 10. The largest absolute Gasteiger partial charge is 0.285 e. The summed E-state index contributed by atoms with van der Waals surface area (Å²) in [5, 5.41) is -0.553. The van der Waals surface area contributed by atoms with Crippen LogP contribution in [0.15, 0.2) is 12.7 Å². The van der Waals surface area contributed by atoms with Crippen molar-refractivity contribution in [1.29, 1.82) is 0 Å². The van der Waals surface area contributed by atoms with E-state index in [0.717, 1.165) is 44.9 Å². The Kier molecular flexibility index (Phi) is 14.0. The number of hydrogen-bond donors (Lipinski definition) is 1. The standard InChI is InChI=1S/C18H36O3S/c1-3-5-7-9-11-13-15-17-18(22(19,20)21)16-14-12-10-8-6-4-2/h4,18H,2-3,5-17H2,1H3,(H,19,20,21). The SMILES string of the molecule is C=CCCCCCCC(CCCCCCCCC)S(=O)(=O)O. The van der Waals surface area contributed by atoms with Gasteiger partial charge in [0.1, 0.15) is 0 Å². The van der Waals surface area contributed by atoms with Gasteiger partial charge in [-0.25, -0.2) is 0 Å². The van der Waals surface area contributed by atoms with Crippen LogP contribution in [0.1, 0.15) is 96.8 Å². The molecular weight excluding hydrogens is 296 g/mol. The van der Waals surface area contributed by atoms with Crippen LogP contribution in [0.25, 0.3) is 0 Å². The van der Waals surface area contributed by atoms with Crippen LogP contribution in [-0.4, -0.2) is 18.2 Å². The topological polar surface area (TPSA) is 54.4 Å². The number of hydrogen-bond acceptors (Lipinski definition) is 2. The second kappa shape index (κ2) is 14.3. The van der Waals surface area contributed by atoms with E-state index in [1.807, 2.05) is 6.08 Å². The molecule has 0 aromatic carbocycles. The lowest BCUT2D eigenvalue weighted by molar-refractivity contribution is 0.443. The van der Waals surface area contributed by atoms with Crippen molar-refractivity contribution in [2.45, 2.75) is 102 Å². The Morgan fingerprint density at radius 1 is 0.864 bits per heavy atom. The molecule has 22 heavy (non-hydrogen) atoms. The molecule has 1 N–H and O–H groups in total. The average Bonchev–Trinajstić information content (AvgIpc) is 2.46. The minimum Gasteiger partial charge on any atom is -0.285 e. The van der Waals surface area contributed by atoms with Crippen LogP contribution in [-0.2, 0) is 10.1 Å². The van der Waals surface area contributed by atoms with Crippen LogP contribution in [0.5, 0.6) is 0 Å². The summed E-state index contributed by atoms with van der Waals surface area (Å²) in [6.45, 7) is 5.89. The maximum Gasteiger partial charge on any atom is 0.267 e. The smallest absolute Gasteiger partial charge is 0.267 e. The second-order valence-corrected chi connectivity index (χ2v) is 8.02. The average molecular weight is 333 g/mol. The first-order valence-corrected chi connectivity index (χ1v) is 10.6. The molecule has 1 atom stereocenters. The summed E-state index contributed by atoms with van der Waals surface area (Å²) in [7, 11) is -3.88. The van der Waals surface area contributed by atoms with Crippen molar-refractivity contribution in [1.82, 2.24) is 0 Å². The molecule has 0 bridgehead atoms. The normalized spacial score (nSPS) is 13.2. The zero-order valence-corrected chi connectivity index (χ0v) is 15.2. The van der Waals surface area contributed by atoms with E-state index in [-0.39, 0.29) is 0 Å². The first-order chi connectivity index (χ1) is 10.5. The van der Waals surface area contributed by atoms with E-state index >= 15 is 0 Å². The van der Waals surface area contributed by atoms with Crippen LogP contribution < -0.4 is 0 Å².